The summed E-state index contributed by atoms with van der Waals surface area (Å²) in [5, 5.41) is 0. The van der Waals surface area contributed by atoms with E-state index in [1.165, 1.54) is 5.69 Å². The van der Waals surface area contributed by atoms with Crippen LogP contribution in [0.25, 0.3) is 0 Å². The Morgan fingerprint density at radius 3 is 2.11 bits per heavy atom. The van der Waals surface area contributed by atoms with Gasteiger partial charge in [0.2, 0.25) is 5.91 Å². The average Bonchev–Trinajstić information content (AvgIpc) is 2.68. The zero-order chi connectivity index (χ0) is 17.6. The van der Waals surface area contributed by atoms with E-state index in [0.717, 1.165) is 31.5 Å². The minimum absolute atomic E-state index is 0. The molecule has 2 aromatic carbocycles. The highest BCUT2D eigenvalue weighted by Crippen LogP contribution is 2.22. The second-order valence-corrected chi connectivity index (χ2v) is 6.80. The Labute approximate surface area is 174 Å². The molecule has 0 aromatic heterocycles. The van der Waals surface area contributed by atoms with E-state index in [-0.39, 0.29) is 30.7 Å². The van der Waals surface area contributed by atoms with Crippen molar-refractivity contribution in [1.29, 1.82) is 0 Å². The van der Waals surface area contributed by atoms with Gasteiger partial charge >= 0.3 is 0 Å². The van der Waals surface area contributed by atoms with Gasteiger partial charge in [-0.05, 0) is 37.0 Å². The molecule has 0 saturated carbocycles. The molecule has 1 amide bonds. The number of carbonyl (C=O) groups excluding carboxylic acids is 1. The molecule has 1 saturated heterocycles. The number of nitrogens with zero attached hydrogens (tertiary/aromatic N) is 2. The number of benzene rings is 2. The highest BCUT2D eigenvalue weighted by Gasteiger charge is 2.28. The Kier molecular flexibility index (Phi) is 9.64. The SMILES string of the molecule is CN(c1ccccc1)C1CCN(C(=O)C(N)Cc2ccccc2)CC1.Cl.Cl. The molecule has 0 radical (unpaired) electrons. The third-order valence-electron chi connectivity index (χ3n) is 5.10. The first-order chi connectivity index (χ1) is 12.1. The summed E-state index contributed by atoms with van der Waals surface area (Å²) in [6.45, 7) is 1.56. The summed E-state index contributed by atoms with van der Waals surface area (Å²) < 4.78 is 0. The number of hydrogen-bond acceptors (Lipinski definition) is 3. The zero-order valence-corrected chi connectivity index (χ0v) is 17.3. The van der Waals surface area contributed by atoms with Crippen LogP contribution >= 0.6 is 24.8 Å². The molecule has 1 fully saturated rings. The Morgan fingerprint density at radius 1 is 1.04 bits per heavy atom. The van der Waals surface area contributed by atoms with Gasteiger partial charge in [0.15, 0.2) is 0 Å². The lowest BCUT2D eigenvalue weighted by Crippen LogP contribution is -2.51. The summed E-state index contributed by atoms with van der Waals surface area (Å²) in [6.07, 6.45) is 2.56. The maximum absolute atomic E-state index is 12.6. The molecule has 0 aliphatic carbocycles. The van der Waals surface area contributed by atoms with Gasteiger partial charge in [-0.15, -0.1) is 24.8 Å². The molecule has 6 heteroatoms. The molecule has 2 N–H and O–H groups in total. The van der Waals surface area contributed by atoms with Gasteiger partial charge in [0.1, 0.15) is 0 Å². The van der Waals surface area contributed by atoms with Crippen LogP contribution in [0.1, 0.15) is 18.4 Å². The maximum Gasteiger partial charge on any atom is 0.239 e. The third kappa shape index (κ3) is 6.13. The van der Waals surface area contributed by atoms with Crippen LogP contribution in [0.3, 0.4) is 0 Å². The van der Waals surface area contributed by atoms with Crippen LogP contribution in [0, 0.1) is 0 Å². The highest BCUT2D eigenvalue weighted by molar-refractivity contribution is 5.85. The van der Waals surface area contributed by atoms with Gasteiger partial charge < -0.3 is 15.5 Å². The van der Waals surface area contributed by atoms with Crippen molar-refractivity contribution in [1.82, 2.24) is 4.90 Å². The van der Waals surface area contributed by atoms with E-state index >= 15 is 0 Å². The van der Waals surface area contributed by atoms with Crippen molar-refractivity contribution in [2.24, 2.45) is 5.73 Å². The number of likely N-dealkylation sites (tertiary alicyclic amines) is 1. The lowest BCUT2D eigenvalue weighted by molar-refractivity contribution is -0.133. The molecule has 1 heterocycles. The van der Waals surface area contributed by atoms with E-state index in [2.05, 4.69) is 36.2 Å². The summed E-state index contributed by atoms with van der Waals surface area (Å²) in [5.41, 5.74) is 8.51. The highest BCUT2D eigenvalue weighted by atomic mass is 35.5. The summed E-state index contributed by atoms with van der Waals surface area (Å²) in [4.78, 5) is 16.9. The monoisotopic (exact) mass is 409 g/mol. The van der Waals surface area contributed by atoms with Gasteiger partial charge in [-0.25, -0.2) is 0 Å². The van der Waals surface area contributed by atoms with E-state index in [9.17, 15) is 4.79 Å². The van der Waals surface area contributed by atoms with E-state index in [0.29, 0.717) is 12.5 Å². The van der Waals surface area contributed by atoms with Crippen LogP contribution in [0.4, 0.5) is 5.69 Å². The van der Waals surface area contributed by atoms with Crippen molar-refractivity contribution in [2.45, 2.75) is 31.3 Å². The fraction of sp³-hybridized carbons (Fsp3) is 0.381. The van der Waals surface area contributed by atoms with Crippen molar-refractivity contribution in [2.75, 3.05) is 25.0 Å². The molecule has 148 valence electrons. The predicted molar refractivity (Wildman–Crippen MR) is 117 cm³/mol. The topological polar surface area (TPSA) is 49.6 Å². The number of carbonyl (C=O) groups is 1. The minimum atomic E-state index is -0.453. The Morgan fingerprint density at radius 2 is 1.56 bits per heavy atom. The van der Waals surface area contributed by atoms with Crippen LogP contribution in [0.2, 0.25) is 0 Å². The number of halogens is 2. The summed E-state index contributed by atoms with van der Waals surface area (Å²) in [7, 11) is 2.14. The number of amides is 1. The molecule has 1 unspecified atom stereocenters. The predicted octanol–water partition coefficient (Wildman–Crippen LogP) is 3.53. The average molecular weight is 410 g/mol. The number of nitrogens with two attached hydrogens (primary N) is 1. The van der Waals surface area contributed by atoms with E-state index < -0.39 is 6.04 Å². The summed E-state index contributed by atoms with van der Waals surface area (Å²) >= 11 is 0. The quantitative estimate of drug-likeness (QED) is 0.821. The van der Waals surface area contributed by atoms with Gasteiger partial charge in [-0.3, -0.25) is 4.79 Å². The molecule has 1 atom stereocenters. The van der Waals surface area contributed by atoms with Crippen molar-refractivity contribution in [3.63, 3.8) is 0 Å². The first-order valence-electron chi connectivity index (χ1n) is 9.01. The molecule has 1 aliphatic heterocycles. The Bertz CT molecular complexity index is 676. The van der Waals surface area contributed by atoms with Crippen molar-refractivity contribution in [3.8, 4) is 0 Å². The van der Waals surface area contributed by atoms with Crippen LogP contribution in [0.15, 0.2) is 60.7 Å². The first kappa shape index (κ1) is 23.3. The van der Waals surface area contributed by atoms with Gasteiger partial charge in [-0.2, -0.15) is 0 Å². The molecule has 4 nitrogen and oxygen atoms in total. The number of hydrogen-bond donors (Lipinski definition) is 1. The lowest BCUT2D eigenvalue weighted by Gasteiger charge is -2.38. The van der Waals surface area contributed by atoms with Crippen molar-refractivity contribution < 1.29 is 4.79 Å². The van der Waals surface area contributed by atoms with E-state index in [1.54, 1.807) is 0 Å². The van der Waals surface area contributed by atoms with Crippen LogP contribution < -0.4 is 10.6 Å². The second-order valence-electron chi connectivity index (χ2n) is 6.80. The van der Waals surface area contributed by atoms with E-state index in [4.69, 9.17) is 5.73 Å². The lowest BCUT2D eigenvalue weighted by atomic mass is 10.0. The van der Waals surface area contributed by atoms with Crippen LogP contribution in [0.5, 0.6) is 0 Å². The molecular formula is C21H29Cl2N3O. The number of rotatable bonds is 5. The maximum atomic E-state index is 12.6. The van der Waals surface area contributed by atoms with Gasteiger partial charge in [0.05, 0.1) is 6.04 Å². The fourth-order valence-corrected chi connectivity index (χ4v) is 3.54. The van der Waals surface area contributed by atoms with Crippen molar-refractivity contribution in [3.05, 3.63) is 66.2 Å². The van der Waals surface area contributed by atoms with Crippen LogP contribution in [-0.4, -0.2) is 43.0 Å². The molecule has 0 spiro atoms. The van der Waals surface area contributed by atoms with Gasteiger partial charge in [0, 0.05) is 31.9 Å². The standard InChI is InChI=1S/C21H27N3O.2ClH/c1-23(18-10-6-3-7-11-18)19-12-14-24(15-13-19)21(25)20(22)16-17-8-4-2-5-9-17;;/h2-11,19-20H,12-16,22H2,1H3;2*1H. The Balaban J connectivity index is 0.00000182. The number of piperidine rings is 1. The zero-order valence-electron chi connectivity index (χ0n) is 15.7. The van der Waals surface area contributed by atoms with Crippen molar-refractivity contribution >= 4 is 36.4 Å². The minimum Gasteiger partial charge on any atom is -0.371 e. The fourth-order valence-electron chi connectivity index (χ4n) is 3.54. The Hall–Kier alpha value is -1.75. The largest absolute Gasteiger partial charge is 0.371 e. The third-order valence-corrected chi connectivity index (χ3v) is 5.10. The number of anilines is 1. The summed E-state index contributed by atoms with van der Waals surface area (Å²) in [5.74, 6) is 0.0738. The molecule has 3 rings (SSSR count). The molecule has 0 bridgehead atoms. The molecule has 2 aromatic rings. The smallest absolute Gasteiger partial charge is 0.239 e. The van der Waals surface area contributed by atoms with Gasteiger partial charge in [-0.1, -0.05) is 48.5 Å². The first-order valence-corrected chi connectivity index (χ1v) is 9.01. The van der Waals surface area contributed by atoms with Crippen LogP contribution in [-0.2, 0) is 11.2 Å². The normalized spacial score (nSPS) is 15.3. The second kappa shape index (κ2) is 11.2. The van der Waals surface area contributed by atoms with Gasteiger partial charge in [0.25, 0.3) is 0 Å². The summed E-state index contributed by atoms with van der Waals surface area (Å²) in [6, 6.07) is 20.4. The molecular weight excluding hydrogens is 381 g/mol. The number of para-hydroxylation sites is 1. The molecule has 1 aliphatic rings. The van der Waals surface area contributed by atoms with E-state index in [1.807, 2.05) is 41.3 Å². The molecule has 27 heavy (non-hydrogen) atoms.